The highest BCUT2D eigenvalue weighted by Crippen LogP contribution is 2.21. The molecule has 0 spiro atoms. The van der Waals surface area contributed by atoms with Gasteiger partial charge in [-0.05, 0) is 45.2 Å². The van der Waals surface area contributed by atoms with Crippen LogP contribution in [-0.2, 0) is 4.79 Å². The average Bonchev–Trinajstić information content (AvgIpc) is 2.82. The Morgan fingerprint density at radius 2 is 1.91 bits per heavy atom. The standard InChI is InChI=1S/C18H27N3O.ClH/c1-14(2)21(17-6-4-3-5-7-17)18(22)13-20-11-10-15-8-9-16(12-20)19-15;/h3-7,14-16,19H,8-13H2,1-2H3;1H. The van der Waals surface area contributed by atoms with E-state index in [1.54, 1.807) is 0 Å². The summed E-state index contributed by atoms with van der Waals surface area (Å²) in [4.78, 5) is 17.1. The number of para-hydroxylation sites is 1. The van der Waals surface area contributed by atoms with E-state index in [2.05, 4.69) is 24.1 Å². The molecule has 2 aliphatic heterocycles. The predicted molar refractivity (Wildman–Crippen MR) is 97.3 cm³/mol. The van der Waals surface area contributed by atoms with E-state index < -0.39 is 0 Å². The van der Waals surface area contributed by atoms with Gasteiger partial charge < -0.3 is 10.2 Å². The third-order valence-electron chi connectivity index (χ3n) is 4.79. The smallest absolute Gasteiger partial charge is 0.241 e. The Morgan fingerprint density at radius 3 is 2.61 bits per heavy atom. The molecule has 2 bridgehead atoms. The number of benzene rings is 1. The molecule has 1 N–H and O–H groups in total. The van der Waals surface area contributed by atoms with E-state index in [0.717, 1.165) is 25.2 Å². The minimum Gasteiger partial charge on any atom is -0.310 e. The fraction of sp³-hybridized carbons (Fsp3) is 0.611. The van der Waals surface area contributed by atoms with Crippen molar-refractivity contribution < 1.29 is 4.79 Å². The first-order chi connectivity index (χ1) is 10.6. The van der Waals surface area contributed by atoms with Crippen LogP contribution in [0.3, 0.4) is 0 Å². The summed E-state index contributed by atoms with van der Waals surface area (Å²) >= 11 is 0. The molecular weight excluding hydrogens is 310 g/mol. The second-order valence-electron chi connectivity index (χ2n) is 6.85. The first kappa shape index (κ1) is 18.2. The van der Waals surface area contributed by atoms with Gasteiger partial charge in [0.15, 0.2) is 0 Å². The van der Waals surface area contributed by atoms with Crippen LogP contribution >= 0.6 is 12.4 Å². The van der Waals surface area contributed by atoms with Crippen molar-refractivity contribution in [1.29, 1.82) is 0 Å². The Morgan fingerprint density at radius 1 is 1.22 bits per heavy atom. The number of anilines is 1. The number of rotatable bonds is 4. The fourth-order valence-electron chi connectivity index (χ4n) is 3.75. The van der Waals surface area contributed by atoms with Gasteiger partial charge in [-0.3, -0.25) is 9.69 Å². The van der Waals surface area contributed by atoms with Gasteiger partial charge in [-0.1, -0.05) is 18.2 Å². The number of carbonyl (C=O) groups excluding carboxylic acids is 1. The Kier molecular flexibility index (Phi) is 6.45. The summed E-state index contributed by atoms with van der Waals surface area (Å²) in [6, 6.07) is 11.4. The minimum absolute atomic E-state index is 0. The molecule has 1 amide bonds. The van der Waals surface area contributed by atoms with Crippen LogP contribution in [-0.4, -0.2) is 48.6 Å². The number of nitrogens with one attached hydrogen (secondary N) is 1. The molecule has 0 aliphatic carbocycles. The minimum atomic E-state index is 0. The normalized spacial score (nSPS) is 24.1. The number of carbonyl (C=O) groups is 1. The van der Waals surface area contributed by atoms with Crippen molar-refractivity contribution in [3.8, 4) is 0 Å². The van der Waals surface area contributed by atoms with E-state index in [0.29, 0.717) is 18.6 Å². The Bertz CT molecular complexity index is 508. The molecule has 23 heavy (non-hydrogen) atoms. The molecule has 128 valence electrons. The number of nitrogens with zero attached hydrogens (tertiary/aromatic N) is 2. The summed E-state index contributed by atoms with van der Waals surface area (Å²) in [5.41, 5.74) is 0.997. The molecule has 2 unspecified atom stereocenters. The van der Waals surface area contributed by atoms with E-state index in [4.69, 9.17) is 0 Å². The van der Waals surface area contributed by atoms with Crippen LogP contribution in [0.15, 0.2) is 30.3 Å². The second-order valence-corrected chi connectivity index (χ2v) is 6.85. The van der Waals surface area contributed by atoms with Crippen molar-refractivity contribution in [2.75, 3.05) is 24.5 Å². The van der Waals surface area contributed by atoms with Crippen LogP contribution in [0, 0.1) is 0 Å². The van der Waals surface area contributed by atoms with Gasteiger partial charge in [-0.15, -0.1) is 12.4 Å². The van der Waals surface area contributed by atoms with Crippen LogP contribution in [0.1, 0.15) is 33.1 Å². The molecule has 4 nitrogen and oxygen atoms in total. The van der Waals surface area contributed by atoms with Crippen LogP contribution in [0.4, 0.5) is 5.69 Å². The molecule has 0 radical (unpaired) electrons. The van der Waals surface area contributed by atoms with E-state index in [1.165, 1.54) is 12.8 Å². The highest BCUT2D eigenvalue weighted by Gasteiger charge is 2.31. The lowest BCUT2D eigenvalue weighted by molar-refractivity contribution is -0.120. The van der Waals surface area contributed by atoms with Gasteiger partial charge in [-0.25, -0.2) is 0 Å². The molecule has 5 heteroatoms. The first-order valence-corrected chi connectivity index (χ1v) is 8.49. The highest BCUT2D eigenvalue weighted by atomic mass is 35.5. The van der Waals surface area contributed by atoms with Crippen molar-refractivity contribution in [2.24, 2.45) is 0 Å². The molecular formula is C18H28ClN3O. The highest BCUT2D eigenvalue weighted by molar-refractivity contribution is 5.95. The van der Waals surface area contributed by atoms with Crippen molar-refractivity contribution in [3.05, 3.63) is 30.3 Å². The Balaban J connectivity index is 0.00000192. The number of likely N-dealkylation sites (tertiary alicyclic amines) is 1. The van der Waals surface area contributed by atoms with Crippen LogP contribution in [0.25, 0.3) is 0 Å². The van der Waals surface area contributed by atoms with Gasteiger partial charge >= 0.3 is 0 Å². The van der Waals surface area contributed by atoms with Crippen molar-refractivity contribution in [3.63, 3.8) is 0 Å². The maximum absolute atomic E-state index is 12.8. The lowest BCUT2D eigenvalue weighted by Gasteiger charge is -2.30. The van der Waals surface area contributed by atoms with Gasteiger partial charge in [0.2, 0.25) is 5.91 Å². The molecule has 2 saturated heterocycles. The summed E-state index contributed by atoms with van der Waals surface area (Å²) in [5.74, 6) is 0.207. The lowest BCUT2D eigenvalue weighted by atomic mass is 10.1. The van der Waals surface area contributed by atoms with Crippen LogP contribution < -0.4 is 10.2 Å². The molecule has 0 saturated carbocycles. The van der Waals surface area contributed by atoms with Gasteiger partial charge in [-0.2, -0.15) is 0 Å². The summed E-state index contributed by atoms with van der Waals surface area (Å²) < 4.78 is 0. The van der Waals surface area contributed by atoms with Crippen molar-refractivity contribution in [1.82, 2.24) is 10.2 Å². The van der Waals surface area contributed by atoms with Gasteiger partial charge in [0.25, 0.3) is 0 Å². The quantitative estimate of drug-likeness (QED) is 0.917. The van der Waals surface area contributed by atoms with Gasteiger partial charge in [0, 0.05) is 36.9 Å². The molecule has 2 heterocycles. The van der Waals surface area contributed by atoms with E-state index >= 15 is 0 Å². The van der Waals surface area contributed by atoms with Crippen molar-refractivity contribution in [2.45, 2.75) is 51.2 Å². The Hall–Kier alpha value is -1.10. The topological polar surface area (TPSA) is 35.6 Å². The number of hydrogen-bond acceptors (Lipinski definition) is 3. The first-order valence-electron chi connectivity index (χ1n) is 8.49. The van der Waals surface area contributed by atoms with E-state index in [1.807, 2.05) is 35.2 Å². The molecule has 3 rings (SSSR count). The third-order valence-corrected chi connectivity index (χ3v) is 4.79. The molecule has 2 fully saturated rings. The van der Waals surface area contributed by atoms with E-state index in [-0.39, 0.29) is 24.4 Å². The molecule has 1 aromatic carbocycles. The van der Waals surface area contributed by atoms with Crippen molar-refractivity contribution >= 4 is 24.0 Å². The van der Waals surface area contributed by atoms with E-state index in [9.17, 15) is 4.79 Å². The predicted octanol–water partition coefficient (Wildman–Crippen LogP) is 2.68. The average molecular weight is 338 g/mol. The number of hydrogen-bond donors (Lipinski definition) is 1. The Labute approximate surface area is 145 Å². The van der Waals surface area contributed by atoms with Gasteiger partial charge in [0.05, 0.1) is 6.54 Å². The summed E-state index contributed by atoms with van der Waals surface area (Å²) in [6.07, 6.45) is 3.72. The molecule has 2 atom stereocenters. The lowest BCUT2D eigenvalue weighted by Crippen LogP contribution is -2.46. The zero-order valence-corrected chi connectivity index (χ0v) is 14.9. The fourth-order valence-corrected chi connectivity index (χ4v) is 3.75. The van der Waals surface area contributed by atoms with Crippen LogP contribution in [0.5, 0.6) is 0 Å². The molecule has 0 aromatic heterocycles. The maximum atomic E-state index is 12.8. The molecule has 1 aromatic rings. The zero-order chi connectivity index (χ0) is 15.5. The SMILES string of the molecule is CC(C)N(C(=O)CN1CCC2CCC(C1)N2)c1ccccc1.Cl. The zero-order valence-electron chi connectivity index (χ0n) is 14.1. The molecule has 2 aliphatic rings. The van der Waals surface area contributed by atoms with Crippen LogP contribution in [0.2, 0.25) is 0 Å². The maximum Gasteiger partial charge on any atom is 0.241 e. The number of amides is 1. The van der Waals surface area contributed by atoms with Gasteiger partial charge in [0.1, 0.15) is 0 Å². The number of halogens is 1. The monoisotopic (exact) mass is 337 g/mol. The summed E-state index contributed by atoms with van der Waals surface area (Å²) in [7, 11) is 0. The largest absolute Gasteiger partial charge is 0.310 e. The third kappa shape index (κ3) is 4.46. The summed E-state index contributed by atoms with van der Waals surface area (Å²) in [5, 5.41) is 3.67. The second kappa shape index (κ2) is 8.13. The summed E-state index contributed by atoms with van der Waals surface area (Å²) in [6.45, 7) is 6.72. The number of fused-ring (bicyclic) bond motifs is 2.